The van der Waals surface area contributed by atoms with Crippen molar-refractivity contribution in [3.63, 3.8) is 0 Å². The molecule has 1 heterocycles. The number of rotatable bonds is 6. The normalized spacial score (nSPS) is 20.3. The molecule has 2 rings (SSSR count). The zero-order valence-electron chi connectivity index (χ0n) is 13.9. The zero-order chi connectivity index (χ0) is 15.9. The minimum atomic E-state index is -0.0158. The van der Waals surface area contributed by atoms with Gasteiger partial charge in [0.1, 0.15) is 0 Å². The van der Waals surface area contributed by atoms with E-state index in [0.29, 0.717) is 6.04 Å². The van der Waals surface area contributed by atoms with E-state index in [2.05, 4.69) is 61.2 Å². The van der Waals surface area contributed by atoms with E-state index in [4.69, 9.17) is 4.74 Å². The lowest BCUT2D eigenvalue weighted by Gasteiger charge is -2.36. The van der Waals surface area contributed by atoms with Crippen LogP contribution in [0.2, 0.25) is 0 Å². The van der Waals surface area contributed by atoms with Crippen LogP contribution >= 0.6 is 0 Å². The lowest BCUT2D eigenvalue weighted by atomic mass is 9.81. The molecule has 3 atom stereocenters. The van der Waals surface area contributed by atoms with Crippen LogP contribution in [0.25, 0.3) is 0 Å². The van der Waals surface area contributed by atoms with E-state index in [9.17, 15) is 5.26 Å². The van der Waals surface area contributed by atoms with Crippen LogP contribution in [0.3, 0.4) is 0 Å². The van der Waals surface area contributed by atoms with Gasteiger partial charge in [0.05, 0.1) is 25.2 Å². The predicted molar refractivity (Wildman–Crippen MR) is 88.7 cm³/mol. The smallest absolute Gasteiger partial charge is 0.0676 e. The van der Waals surface area contributed by atoms with Crippen LogP contribution in [0.15, 0.2) is 30.3 Å². The van der Waals surface area contributed by atoms with Gasteiger partial charge in [0.2, 0.25) is 0 Å². The molecule has 0 aliphatic carbocycles. The molecule has 0 radical (unpaired) electrons. The van der Waals surface area contributed by atoms with Gasteiger partial charge in [0.25, 0.3) is 0 Å². The molecule has 1 aliphatic rings. The standard InChI is InChI=1S/C18H27N3O/c1-15(20(2)3)18(16-7-5-4-6-8-16)17(13-19)14-21-9-11-22-12-10-21/h4-8,15,17-18H,9-12,14H2,1-3H3/t15-,17?,18+/m0/s1. The number of ether oxygens (including phenoxy) is 1. The molecule has 1 fully saturated rings. The van der Waals surface area contributed by atoms with E-state index in [1.54, 1.807) is 0 Å². The summed E-state index contributed by atoms with van der Waals surface area (Å²) < 4.78 is 5.41. The second-order valence-electron chi connectivity index (χ2n) is 6.29. The first kappa shape index (κ1) is 17.0. The fourth-order valence-corrected chi connectivity index (χ4v) is 3.14. The highest BCUT2D eigenvalue weighted by atomic mass is 16.5. The predicted octanol–water partition coefficient (Wildman–Crippen LogP) is 2.19. The number of hydrogen-bond acceptors (Lipinski definition) is 4. The Kier molecular flexibility index (Phi) is 6.38. The average Bonchev–Trinajstić information content (AvgIpc) is 2.56. The summed E-state index contributed by atoms with van der Waals surface area (Å²) in [6, 6.07) is 13.3. The van der Waals surface area contributed by atoms with Crippen molar-refractivity contribution in [2.24, 2.45) is 5.92 Å². The summed E-state index contributed by atoms with van der Waals surface area (Å²) >= 11 is 0. The molecule has 4 nitrogen and oxygen atoms in total. The van der Waals surface area contributed by atoms with Crippen molar-refractivity contribution < 1.29 is 4.74 Å². The Balaban J connectivity index is 2.19. The molecule has 1 saturated heterocycles. The van der Waals surface area contributed by atoms with Gasteiger partial charge in [0.15, 0.2) is 0 Å². The number of hydrogen-bond donors (Lipinski definition) is 0. The maximum atomic E-state index is 9.79. The summed E-state index contributed by atoms with van der Waals surface area (Å²) in [5.74, 6) is 0.196. The van der Waals surface area contributed by atoms with Crippen LogP contribution < -0.4 is 0 Å². The maximum Gasteiger partial charge on any atom is 0.0676 e. The third-order valence-electron chi connectivity index (χ3n) is 4.68. The topological polar surface area (TPSA) is 39.5 Å². The lowest BCUT2D eigenvalue weighted by Crippen LogP contribution is -2.43. The van der Waals surface area contributed by atoms with E-state index < -0.39 is 0 Å². The Hall–Kier alpha value is -1.41. The highest BCUT2D eigenvalue weighted by molar-refractivity contribution is 5.24. The molecule has 22 heavy (non-hydrogen) atoms. The van der Waals surface area contributed by atoms with Gasteiger partial charge in [0, 0.05) is 31.6 Å². The summed E-state index contributed by atoms with van der Waals surface area (Å²) in [5, 5.41) is 9.79. The quantitative estimate of drug-likeness (QED) is 0.807. The summed E-state index contributed by atoms with van der Waals surface area (Å²) in [4.78, 5) is 4.57. The van der Waals surface area contributed by atoms with Crippen molar-refractivity contribution in [1.82, 2.24) is 9.80 Å². The van der Waals surface area contributed by atoms with Crippen molar-refractivity contribution in [1.29, 1.82) is 5.26 Å². The van der Waals surface area contributed by atoms with Gasteiger partial charge in [-0.2, -0.15) is 5.26 Å². The molecule has 1 aromatic rings. The zero-order valence-corrected chi connectivity index (χ0v) is 13.9. The molecule has 4 heteroatoms. The Morgan fingerprint density at radius 2 is 1.86 bits per heavy atom. The van der Waals surface area contributed by atoms with Gasteiger partial charge in [-0.25, -0.2) is 0 Å². The van der Waals surface area contributed by atoms with Gasteiger partial charge < -0.3 is 9.64 Å². The number of nitriles is 1. The van der Waals surface area contributed by atoms with Gasteiger partial charge >= 0.3 is 0 Å². The fraction of sp³-hybridized carbons (Fsp3) is 0.611. The first-order chi connectivity index (χ1) is 10.6. The summed E-state index contributed by atoms with van der Waals surface area (Å²) in [6.07, 6.45) is 0. The third kappa shape index (κ3) is 4.30. The number of nitrogens with zero attached hydrogens (tertiary/aromatic N) is 3. The maximum absolute atomic E-state index is 9.79. The fourth-order valence-electron chi connectivity index (χ4n) is 3.14. The second kappa shape index (κ2) is 8.28. The Morgan fingerprint density at radius 3 is 2.41 bits per heavy atom. The van der Waals surface area contributed by atoms with Crippen molar-refractivity contribution in [3.8, 4) is 6.07 Å². The molecule has 1 aromatic carbocycles. The molecule has 0 N–H and O–H groups in total. The molecular formula is C18H27N3O. The van der Waals surface area contributed by atoms with Crippen molar-refractivity contribution >= 4 is 0 Å². The number of likely N-dealkylation sites (N-methyl/N-ethyl adjacent to an activating group) is 1. The molecule has 0 amide bonds. The van der Waals surface area contributed by atoms with Crippen LogP contribution in [-0.4, -0.2) is 62.8 Å². The summed E-state index contributed by atoms with van der Waals surface area (Å²) in [5.41, 5.74) is 1.25. The van der Waals surface area contributed by atoms with Crippen molar-refractivity contribution in [3.05, 3.63) is 35.9 Å². The lowest BCUT2D eigenvalue weighted by molar-refractivity contribution is 0.0305. The first-order valence-electron chi connectivity index (χ1n) is 8.04. The third-order valence-corrected chi connectivity index (χ3v) is 4.68. The molecule has 0 saturated carbocycles. The first-order valence-corrected chi connectivity index (χ1v) is 8.04. The molecule has 1 aliphatic heterocycles. The van der Waals surface area contributed by atoms with Crippen LogP contribution in [0, 0.1) is 17.2 Å². The SMILES string of the molecule is C[C@@H]([C@H](c1ccccc1)C(C#N)CN1CCOCC1)N(C)C. The minimum Gasteiger partial charge on any atom is -0.379 e. The van der Waals surface area contributed by atoms with Crippen LogP contribution in [0.4, 0.5) is 0 Å². The van der Waals surface area contributed by atoms with Gasteiger partial charge in [-0.05, 0) is 26.6 Å². The van der Waals surface area contributed by atoms with E-state index in [1.165, 1.54) is 5.56 Å². The highest BCUT2D eigenvalue weighted by Gasteiger charge is 2.31. The number of morpholine rings is 1. The largest absolute Gasteiger partial charge is 0.379 e. The van der Waals surface area contributed by atoms with Gasteiger partial charge in [-0.3, -0.25) is 4.90 Å². The molecule has 0 aromatic heterocycles. The Labute approximate surface area is 134 Å². The molecule has 0 bridgehead atoms. The monoisotopic (exact) mass is 301 g/mol. The van der Waals surface area contributed by atoms with E-state index in [-0.39, 0.29) is 11.8 Å². The molecular weight excluding hydrogens is 274 g/mol. The van der Waals surface area contributed by atoms with E-state index in [1.807, 2.05) is 6.07 Å². The van der Waals surface area contributed by atoms with Crippen molar-refractivity contribution in [2.75, 3.05) is 46.9 Å². The van der Waals surface area contributed by atoms with E-state index in [0.717, 1.165) is 32.8 Å². The molecule has 0 spiro atoms. The van der Waals surface area contributed by atoms with Crippen LogP contribution in [-0.2, 0) is 4.74 Å². The molecule has 1 unspecified atom stereocenters. The Bertz CT molecular complexity index is 477. The number of benzene rings is 1. The van der Waals surface area contributed by atoms with Gasteiger partial charge in [-0.15, -0.1) is 0 Å². The van der Waals surface area contributed by atoms with Gasteiger partial charge in [-0.1, -0.05) is 30.3 Å². The average molecular weight is 301 g/mol. The summed E-state index contributed by atoms with van der Waals surface area (Å²) in [7, 11) is 4.17. The van der Waals surface area contributed by atoms with Crippen LogP contribution in [0.1, 0.15) is 18.4 Å². The highest BCUT2D eigenvalue weighted by Crippen LogP contribution is 2.31. The molecule has 120 valence electrons. The second-order valence-corrected chi connectivity index (χ2v) is 6.29. The van der Waals surface area contributed by atoms with Crippen LogP contribution in [0.5, 0.6) is 0 Å². The van der Waals surface area contributed by atoms with Crippen molar-refractivity contribution in [2.45, 2.75) is 18.9 Å². The van der Waals surface area contributed by atoms with E-state index >= 15 is 0 Å². The minimum absolute atomic E-state index is 0.0158. The summed E-state index contributed by atoms with van der Waals surface area (Å²) in [6.45, 7) is 6.43. The Morgan fingerprint density at radius 1 is 1.23 bits per heavy atom.